The zero-order valence-corrected chi connectivity index (χ0v) is 30.9. The molecule has 0 spiro atoms. The van der Waals surface area contributed by atoms with Crippen molar-refractivity contribution in [3.8, 4) is 22.9 Å². The van der Waals surface area contributed by atoms with Crippen LogP contribution in [0.3, 0.4) is 0 Å². The van der Waals surface area contributed by atoms with Gasteiger partial charge in [-0.3, -0.25) is 19.0 Å². The fraction of sp³-hybridized carbons (Fsp3) is 0.103. The number of rotatable bonds is 12. The SMILES string of the molecule is COc1cc(N=Nc2c(S(=O)(=O)O)cc3ccc(N=Nc4c(C(=O)O)[nH]n(-c5ccc(S(=O)(=O)O)cc5)c4=O)cc3c2O)c(O)cc1S(=O)(=O)CCCl.[Cu]. The Kier molecular flexibility index (Phi) is 12.0. The maximum atomic E-state index is 13.1. The van der Waals surface area contributed by atoms with Gasteiger partial charge in [-0.25, -0.2) is 17.9 Å². The molecule has 289 valence electrons. The van der Waals surface area contributed by atoms with E-state index in [2.05, 4.69) is 25.6 Å². The molecular formula is C29H23ClCuN6O14S3. The van der Waals surface area contributed by atoms with Crippen LogP contribution >= 0.6 is 11.6 Å². The molecule has 5 rings (SSSR count). The molecule has 0 atom stereocenters. The molecule has 54 heavy (non-hydrogen) atoms. The Labute approximate surface area is 319 Å². The number of methoxy groups -OCH3 is 1. The molecule has 1 heterocycles. The number of azo groups is 2. The number of aromatic carboxylic acids is 1. The summed E-state index contributed by atoms with van der Waals surface area (Å²) in [6.45, 7) is 0. The van der Waals surface area contributed by atoms with Gasteiger partial charge in [0.25, 0.3) is 25.8 Å². The first-order valence-electron chi connectivity index (χ1n) is 14.2. The van der Waals surface area contributed by atoms with Gasteiger partial charge >= 0.3 is 5.97 Å². The largest absolute Gasteiger partial charge is 0.506 e. The molecule has 0 aliphatic heterocycles. The van der Waals surface area contributed by atoms with E-state index in [0.29, 0.717) is 0 Å². The fourth-order valence-electron chi connectivity index (χ4n) is 4.75. The summed E-state index contributed by atoms with van der Waals surface area (Å²) in [5, 5.41) is 48.6. The molecular weight excluding hydrogens is 852 g/mol. The number of hydrogen-bond acceptors (Lipinski definition) is 15. The number of fused-ring (bicyclic) bond motifs is 1. The van der Waals surface area contributed by atoms with Crippen LogP contribution in [0, 0.1) is 0 Å². The molecule has 1 radical (unpaired) electrons. The maximum Gasteiger partial charge on any atom is 0.356 e. The van der Waals surface area contributed by atoms with Gasteiger partial charge in [-0.15, -0.1) is 26.9 Å². The van der Waals surface area contributed by atoms with Crippen LogP contribution in [0.25, 0.3) is 16.5 Å². The van der Waals surface area contributed by atoms with Gasteiger partial charge in [-0.1, -0.05) is 6.07 Å². The van der Waals surface area contributed by atoms with Crippen LogP contribution in [0.5, 0.6) is 17.2 Å². The van der Waals surface area contributed by atoms with Gasteiger partial charge in [0.05, 0.1) is 29.1 Å². The second-order valence-corrected chi connectivity index (χ2v) is 15.9. The molecule has 25 heteroatoms. The first kappa shape index (κ1) is 41.6. The number of carboxylic acid groups (broad SMARTS) is 1. The van der Waals surface area contributed by atoms with Crippen molar-refractivity contribution in [1.29, 1.82) is 0 Å². The van der Waals surface area contributed by atoms with E-state index in [0.717, 1.165) is 60.3 Å². The molecule has 0 unspecified atom stereocenters. The quantitative estimate of drug-likeness (QED) is 0.0426. The molecule has 0 aliphatic carbocycles. The van der Waals surface area contributed by atoms with E-state index < -0.39 is 96.3 Å². The van der Waals surface area contributed by atoms with E-state index in [1.807, 2.05) is 0 Å². The van der Waals surface area contributed by atoms with E-state index in [9.17, 15) is 59.3 Å². The molecule has 0 saturated carbocycles. The molecule has 6 N–H and O–H groups in total. The zero-order valence-electron chi connectivity index (χ0n) is 26.7. The predicted octanol–water partition coefficient (Wildman–Crippen LogP) is 4.77. The number of carbonyl (C=O) groups is 1. The number of alkyl halides is 1. The van der Waals surface area contributed by atoms with Crippen molar-refractivity contribution < 1.29 is 76.3 Å². The maximum absolute atomic E-state index is 13.1. The Balaban J connectivity index is 0.00000650. The van der Waals surface area contributed by atoms with Crippen LogP contribution in [-0.4, -0.2) is 84.2 Å². The smallest absolute Gasteiger partial charge is 0.356 e. The Hall–Kier alpha value is -5.20. The molecule has 0 aliphatic rings. The van der Waals surface area contributed by atoms with Gasteiger partial charge in [-0.05, 0) is 47.9 Å². The third-order valence-electron chi connectivity index (χ3n) is 7.25. The van der Waals surface area contributed by atoms with Gasteiger partial charge < -0.3 is 20.1 Å². The van der Waals surface area contributed by atoms with Gasteiger partial charge in [0.1, 0.15) is 32.7 Å². The molecule has 0 amide bonds. The Morgan fingerprint density at radius 1 is 0.852 bits per heavy atom. The molecule has 0 saturated heterocycles. The van der Waals surface area contributed by atoms with E-state index >= 15 is 0 Å². The van der Waals surface area contributed by atoms with E-state index in [-0.39, 0.29) is 50.8 Å². The number of ether oxygens (including phenoxy) is 1. The average Bonchev–Trinajstić information content (AvgIpc) is 3.42. The third kappa shape index (κ3) is 8.45. The van der Waals surface area contributed by atoms with E-state index in [4.69, 9.17) is 16.3 Å². The van der Waals surface area contributed by atoms with Gasteiger partial charge in [-0.2, -0.15) is 21.9 Å². The van der Waals surface area contributed by atoms with Crippen LogP contribution in [0.4, 0.5) is 22.7 Å². The van der Waals surface area contributed by atoms with Crippen molar-refractivity contribution in [2.75, 3.05) is 18.7 Å². The average molecular weight is 875 g/mol. The molecule has 5 aromatic rings. The Bertz CT molecular complexity index is 2770. The van der Waals surface area contributed by atoms with Crippen LogP contribution in [-0.2, 0) is 47.1 Å². The summed E-state index contributed by atoms with van der Waals surface area (Å²) >= 11 is 5.57. The minimum atomic E-state index is -5.08. The summed E-state index contributed by atoms with van der Waals surface area (Å²) < 4.78 is 97.3. The Morgan fingerprint density at radius 3 is 2.07 bits per heavy atom. The number of carboxylic acids is 1. The number of halogens is 1. The minimum Gasteiger partial charge on any atom is -0.506 e. The van der Waals surface area contributed by atoms with Crippen LogP contribution in [0.15, 0.2) is 101 Å². The number of phenols is 2. The number of nitrogens with zero attached hydrogens (tertiary/aromatic N) is 5. The number of aromatic hydroxyl groups is 2. The molecule has 0 bridgehead atoms. The molecule has 1 aromatic heterocycles. The predicted molar refractivity (Wildman–Crippen MR) is 184 cm³/mol. The van der Waals surface area contributed by atoms with Gasteiger partial charge in [0, 0.05) is 40.5 Å². The number of hydrogen-bond donors (Lipinski definition) is 6. The van der Waals surface area contributed by atoms with Crippen LogP contribution < -0.4 is 10.3 Å². The summed E-state index contributed by atoms with van der Waals surface area (Å²) in [7, 11) is -12.5. The third-order valence-corrected chi connectivity index (χ3v) is 11.1. The van der Waals surface area contributed by atoms with Gasteiger partial charge in [0.15, 0.2) is 27.0 Å². The summed E-state index contributed by atoms with van der Waals surface area (Å²) in [6.07, 6.45) is 0. The van der Waals surface area contributed by atoms with Crippen molar-refractivity contribution in [2.45, 2.75) is 14.7 Å². The molecule has 0 fully saturated rings. The summed E-state index contributed by atoms with van der Waals surface area (Å²) in [4.78, 5) is 23.2. The number of aromatic amines is 1. The molecule has 4 aromatic carbocycles. The van der Waals surface area contributed by atoms with E-state index in [1.165, 1.54) is 12.1 Å². The van der Waals surface area contributed by atoms with Crippen molar-refractivity contribution in [1.82, 2.24) is 9.78 Å². The second-order valence-electron chi connectivity index (χ2n) is 10.6. The Morgan fingerprint density at radius 2 is 1.50 bits per heavy atom. The first-order chi connectivity index (χ1) is 24.8. The summed E-state index contributed by atoms with van der Waals surface area (Å²) in [5.74, 6) is -4.26. The second kappa shape index (κ2) is 15.6. The number of aromatic nitrogens is 2. The van der Waals surface area contributed by atoms with Crippen molar-refractivity contribution in [3.05, 3.63) is 76.7 Å². The first-order valence-corrected chi connectivity index (χ1v) is 19.3. The van der Waals surface area contributed by atoms with Crippen LogP contribution in [0.2, 0.25) is 0 Å². The number of benzene rings is 4. The number of phenolic OH excluding ortho intramolecular Hbond substituents is 2. The molecule has 20 nitrogen and oxygen atoms in total. The summed E-state index contributed by atoms with van der Waals surface area (Å²) in [5.41, 5.74) is -3.85. The summed E-state index contributed by atoms with van der Waals surface area (Å²) in [6, 6.07) is 10.5. The monoisotopic (exact) mass is 873 g/mol. The van der Waals surface area contributed by atoms with Gasteiger partial charge in [0.2, 0.25) is 0 Å². The fourth-order valence-corrected chi connectivity index (χ4v) is 7.66. The topological polar surface area (TPSA) is 317 Å². The van der Waals surface area contributed by atoms with Crippen molar-refractivity contribution in [3.63, 3.8) is 0 Å². The van der Waals surface area contributed by atoms with Crippen molar-refractivity contribution in [2.24, 2.45) is 20.5 Å². The number of sulfone groups is 1. The normalized spacial score (nSPS) is 12.4. The number of nitrogens with one attached hydrogen (secondary N) is 1. The zero-order chi connectivity index (χ0) is 39.0. The standard InChI is InChI=1S/C29H23ClN6O14S3.Cu/c1-50-21-12-19(20(37)13-22(21)51(42,43)9-8-30)32-33-24-23(53(47,48)49)10-14-2-3-15(11-18(14)27(24)38)31-34-25-26(29(40)41)35-36(28(25)39)16-4-6-17(7-5-16)52(44,45)46;/h2-7,10-13,35,37-38H,8-9H2,1H3,(H,40,41)(H,44,45,46)(H,47,48,49);. The minimum absolute atomic E-state index is 0. The van der Waals surface area contributed by atoms with E-state index in [1.54, 1.807) is 0 Å². The number of H-pyrrole nitrogens is 1. The van der Waals surface area contributed by atoms with Crippen LogP contribution in [0.1, 0.15) is 10.5 Å². The van der Waals surface area contributed by atoms with Crippen molar-refractivity contribution >= 4 is 81.2 Å².